The molecule has 0 saturated heterocycles. The predicted molar refractivity (Wildman–Crippen MR) is 125 cm³/mol. The van der Waals surface area contributed by atoms with Crippen molar-refractivity contribution in [2.75, 3.05) is 5.32 Å². The number of aliphatic carboxylic acids is 1. The second kappa shape index (κ2) is 10.9. The Labute approximate surface area is 229 Å². The van der Waals surface area contributed by atoms with Crippen LogP contribution in [-0.4, -0.2) is 16.4 Å². The maximum Gasteiger partial charge on any atom is 1.00 e. The van der Waals surface area contributed by atoms with Gasteiger partial charge in [-0.2, -0.15) is 4.37 Å². The van der Waals surface area contributed by atoms with Crippen molar-refractivity contribution >= 4 is 40.9 Å². The average Bonchev–Trinajstić information content (AvgIpc) is 3.54. The molecule has 1 fully saturated rings. The molecule has 0 radical (unpaired) electrons. The smallest absolute Gasteiger partial charge is 0.549 e. The summed E-state index contributed by atoms with van der Waals surface area (Å²) >= 11 is 7.35. The first-order valence-electron chi connectivity index (χ1n) is 10.3. The molecule has 0 aliphatic heterocycles. The number of aromatic nitrogens is 1. The van der Waals surface area contributed by atoms with E-state index in [1.807, 2.05) is 12.1 Å². The quantitative estimate of drug-likeness (QED) is 0.423. The molecule has 0 bridgehead atoms. The summed E-state index contributed by atoms with van der Waals surface area (Å²) in [5, 5.41) is 14.6. The standard InChI is InChI=1S/C25H21ClN2O4S.Na/c1-15-22(27-24(31)32-16(2)19-5-3-4-6-20(19)26)21(33-28-15)12-9-17-7-10-18(11-8-17)25(13-14-25)23(29)30;/h3-8,10-11,16H,13-14H2,1-2H3,(H,27,31)(H,29,30);/q;+1/p-1/t16-;/m1./s1. The first kappa shape index (κ1) is 26.3. The van der Waals surface area contributed by atoms with Crippen molar-refractivity contribution in [3.05, 3.63) is 80.8 Å². The van der Waals surface area contributed by atoms with E-state index in [0.29, 0.717) is 39.7 Å². The SMILES string of the molecule is Cc1nsc(C#Cc2ccc(C3(C(=O)[O-])CC3)cc2)c1NC(=O)O[C@H](C)c1ccccc1Cl.[Na+]. The van der Waals surface area contributed by atoms with Crippen molar-refractivity contribution in [3.8, 4) is 11.8 Å². The van der Waals surface area contributed by atoms with Crippen molar-refractivity contribution in [2.24, 2.45) is 0 Å². The number of carbonyl (C=O) groups is 2. The molecule has 1 aliphatic carbocycles. The zero-order valence-electron chi connectivity index (χ0n) is 19.0. The van der Waals surface area contributed by atoms with Gasteiger partial charge in [-0.1, -0.05) is 47.9 Å². The Kier molecular flexibility index (Phi) is 8.45. The van der Waals surface area contributed by atoms with E-state index in [1.165, 1.54) is 11.5 Å². The number of carbonyl (C=O) groups excluding carboxylic acids is 2. The van der Waals surface area contributed by atoms with E-state index in [-0.39, 0.29) is 29.6 Å². The summed E-state index contributed by atoms with van der Waals surface area (Å²) < 4.78 is 9.76. The van der Waals surface area contributed by atoms with Crippen LogP contribution in [0.25, 0.3) is 0 Å². The minimum Gasteiger partial charge on any atom is -0.549 e. The molecule has 1 saturated carbocycles. The van der Waals surface area contributed by atoms with Crippen LogP contribution in [0.5, 0.6) is 0 Å². The molecule has 6 nitrogen and oxygen atoms in total. The van der Waals surface area contributed by atoms with Crippen LogP contribution in [0.2, 0.25) is 5.02 Å². The van der Waals surface area contributed by atoms with Crippen LogP contribution in [0, 0.1) is 18.8 Å². The zero-order chi connectivity index (χ0) is 23.6. The normalized spacial score (nSPS) is 14.1. The van der Waals surface area contributed by atoms with Gasteiger partial charge in [0.2, 0.25) is 0 Å². The molecule has 0 unspecified atom stereocenters. The number of halogens is 1. The Morgan fingerprint density at radius 1 is 1.18 bits per heavy atom. The number of nitrogens with zero attached hydrogens (tertiary/aromatic N) is 1. The maximum atomic E-state index is 12.5. The van der Waals surface area contributed by atoms with E-state index in [0.717, 1.165) is 11.1 Å². The molecule has 168 valence electrons. The summed E-state index contributed by atoms with van der Waals surface area (Å²) in [6.07, 6.45) is 0.0334. The van der Waals surface area contributed by atoms with Gasteiger partial charge in [0, 0.05) is 21.6 Å². The van der Waals surface area contributed by atoms with E-state index in [2.05, 4.69) is 21.5 Å². The Morgan fingerprint density at radius 2 is 1.85 bits per heavy atom. The summed E-state index contributed by atoms with van der Waals surface area (Å²) in [5.74, 6) is 5.04. The largest absolute Gasteiger partial charge is 1.00 e. The molecule has 1 amide bonds. The van der Waals surface area contributed by atoms with Gasteiger partial charge in [-0.15, -0.1) is 0 Å². The topological polar surface area (TPSA) is 91.4 Å². The third kappa shape index (κ3) is 5.65. The van der Waals surface area contributed by atoms with Crippen molar-refractivity contribution in [3.63, 3.8) is 0 Å². The van der Waals surface area contributed by atoms with Crippen molar-refractivity contribution in [2.45, 2.75) is 38.2 Å². The maximum absolute atomic E-state index is 12.5. The number of aryl methyl sites for hydroxylation is 1. The van der Waals surface area contributed by atoms with Crippen molar-refractivity contribution in [1.82, 2.24) is 4.37 Å². The molecule has 1 heterocycles. The molecule has 1 aliphatic rings. The molecule has 3 aromatic rings. The van der Waals surface area contributed by atoms with Crippen LogP contribution >= 0.6 is 23.1 Å². The van der Waals surface area contributed by atoms with Crippen LogP contribution < -0.4 is 40.0 Å². The van der Waals surface area contributed by atoms with E-state index in [1.54, 1.807) is 50.2 Å². The van der Waals surface area contributed by atoms with Crippen LogP contribution in [0.1, 0.15) is 53.1 Å². The molecule has 2 aromatic carbocycles. The number of anilines is 1. The van der Waals surface area contributed by atoms with Crippen molar-refractivity contribution < 1.29 is 49.0 Å². The van der Waals surface area contributed by atoms with Crippen LogP contribution in [-0.2, 0) is 14.9 Å². The second-order valence-electron chi connectivity index (χ2n) is 7.86. The Hall–Kier alpha value is -2.34. The van der Waals surface area contributed by atoms with Gasteiger partial charge in [0.1, 0.15) is 11.0 Å². The van der Waals surface area contributed by atoms with Crippen LogP contribution in [0.4, 0.5) is 10.5 Å². The second-order valence-corrected chi connectivity index (χ2v) is 9.04. The zero-order valence-corrected chi connectivity index (χ0v) is 22.5. The summed E-state index contributed by atoms with van der Waals surface area (Å²) in [5.41, 5.74) is 2.45. The van der Waals surface area contributed by atoms with Gasteiger partial charge in [-0.25, -0.2) is 4.79 Å². The summed E-state index contributed by atoms with van der Waals surface area (Å²) in [7, 11) is 0. The molecule has 9 heteroatoms. The fourth-order valence-corrected chi connectivity index (χ4v) is 4.50. The molecule has 1 atom stereocenters. The predicted octanol–water partition coefficient (Wildman–Crippen LogP) is 1.60. The minimum atomic E-state index is -1.03. The van der Waals surface area contributed by atoms with Gasteiger partial charge < -0.3 is 14.6 Å². The fraction of sp³-hybridized carbons (Fsp3) is 0.240. The number of benzene rings is 2. The van der Waals surface area contributed by atoms with Gasteiger partial charge in [0.05, 0.1) is 17.4 Å². The Bertz CT molecular complexity index is 1280. The van der Waals surface area contributed by atoms with Gasteiger partial charge in [-0.05, 0) is 67.9 Å². The van der Waals surface area contributed by atoms with E-state index >= 15 is 0 Å². The Balaban J connectivity index is 0.00000324. The average molecular weight is 503 g/mol. The molecular formula is C25H20ClN2NaO4S. The Morgan fingerprint density at radius 3 is 2.47 bits per heavy atom. The third-order valence-corrected chi connectivity index (χ3v) is 6.81. The number of amides is 1. The van der Waals surface area contributed by atoms with Gasteiger partial charge in [0.25, 0.3) is 0 Å². The van der Waals surface area contributed by atoms with Gasteiger partial charge in [0.15, 0.2) is 0 Å². The summed E-state index contributed by atoms with van der Waals surface area (Å²) in [6, 6.07) is 14.3. The number of hydrogen-bond acceptors (Lipinski definition) is 6. The number of ether oxygens (including phenoxy) is 1. The molecular weight excluding hydrogens is 483 g/mol. The van der Waals surface area contributed by atoms with E-state index < -0.39 is 23.6 Å². The monoisotopic (exact) mass is 502 g/mol. The van der Waals surface area contributed by atoms with E-state index in [4.69, 9.17) is 16.3 Å². The van der Waals surface area contributed by atoms with Crippen LogP contribution in [0.3, 0.4) is 0 Å². The molecule has 1 aromatic heterocycles. The number of carboxylic acids is 1. The molecule has 4 rings (SSSR count). The number of carboxylic acid groups (broad SMARTS) is 1. The van der Waals surface area contributed by atoms with Crippen molar-refractivity contribution in [1.29, 1.82) is 0 Å². The number of hydrogen-bond donors (Lipinski definition) is 1. The van der Waals surface area contributed by atoms with E-state index in [9.17, 15) is 14.7 Å². The molecule has 1 N–H and O–H groups in total. The summed E-state index contributed by atoms with van der Waals surface area (Å²) in [6.45, 7) is 3.52. The van der Waals surface area contributed by atoms with Gasteiger partial charge >= 0.3 is 35.7 Å². The fourth-order valence-electron chi connectivity index (χ4n) is 3.50. The number of nitrogens with one attached hydrogen (secondary N) is 1. The van der Waals surface area contributed by atoms with Crippen LogP contribution in [0.15, 0.2) is 48.5 Å². The molecule has 0 spiro atoms. The first-order chi connectivity index (χ1) is 15.8. The number of rotatable bonds is 5. The minimum absolute atomic E-state index is 0. The molecule has 34 heavy (non-hydrogen) atoms. The van der Waals surface area contributed by atoms with Gasteiger partial charge in [-0.3, -0.25) is 5.32 Å². The summed E-state index contributed by atoms with van der Waals surface area (Å²) in [4.78, 5) is 24.4. The first-order valence-corrected chi connectivity index (χ1v) is 11.5. The third-order valence-electron chi connectivity index (χ3n) is 5.62.